The van der Waals surface area contributed by atoms with Crippen LogP contribution in [0.3, 0.4) is 0 Å². The second kappa shape index (κ2) is 7.26. The summed E-state index contributed by atoms with van der Waals surface area (Å²) in [5, 5.41) is 15.5. The van der Waals surface area contributed by atoms with Gasteiger partial charge in [0.2, 0.25) is 0 Å². The molecule has 22 heavy (non-hydrogen) atoms. The lowest BCUT2D eigenvalue weighted by molar-refractivity contribution is 0.250. The summed E-state index contributed by atoms with van der Waals surface area (Å²) in [6.07, 6.45) is 0.229. The van der Waals surface area contributed by atoms with Crippen LogP contribution >= 0.6 is 23.2 Å². The number of rotatable bonds is 4. The maximum Gasteiger partial charge on any atom is 0.339 e. The molecule has 1 atom stereocenters. The predicted octanol–water partition coefficient (Wildman–Crippen LogP) is 3.60. The van der Waals surface area contributed by atoms with E-state index in [1.165, 1.54) is 24.4 Å². The zero-order valence-electron chi connectivity index (χ0n) is 11.4. The van der Waals surface area contributed by atoms with Crippen molar-refractivity contribution in [3.63, 3.8) is 0 Å². The van der Waals surface area contributed by atoms with Gasteiger partial charge in [-0.3, -0.25) is 0 Å². The van der Waals surface area contributed by atoms with Crippen molar-refractivity contribution in [2.24, 2.45) is 10.8 Å². The Hall–Kier alpha value is -2.08. The molecule has 2 aromatic carbocycles. The van der Waals surface area contributed by atoms with Gasteiger partial charge in [0.1, 0.15) is 6.10 Å². The number of anilines is 1. The Balaban J connectivity index is 2.25. The van der Waals surface area contributed by atoms with Gasteiger partial charge in [0.25, 0.3) is 0 Å². The summed E-state index contributed by atoms with van der Waals surface area (Å²) in [5.74, 6) is 0. The molecule has 0 bridgehead atoms. The quantitative estimate of drug-likeness (QED) is 0.660. The molecule has 0 aliphatic heterocycles. The van der Waals surface area contributed by atoms with Gasteiger partial charge in [0.15, 0.2) is 0 Å². The molecule has 2 aromatic rings. The largest absolute Gasteiger partial charge is 0.383 e. The van der Waals surface area contributed by atoms with E-state index in [0.29, 0.717) is 21.3 Å². The van der Waals surface area contributed by atoms with Crippen molar-refractivity contribution in [2.45, 2.75) is 6.10 Å². The summed E-state index contributed by atoms with van der Waals surface area (Å²) in [4.78, 5) is 11.5. The zero-order valence-corrected chi connectivity index (χ0v) is 12.9. The minimum absolute atomic E-state index is 0.307. The molecule has 0 saturated heterocycles. The molecule has 0 aromatic heterocycles. The third-order valence-electron chi connectivity index (χ3n) is 2.77. The predicted molar refractivity (Wildman–Crippen MR) is 88.4 cm³/mol. The summed E-state index contributed by atoms with van der Waals surface area (Å²) in [7, 11) is 0. The molecule has 0 fully saturated rings. The van der Waals surface area contributed by atoms with Crippen LogP contribution in [0.5, 0.6) is 0 Å². The molecule has 114 valence electrons. The number of carbonyl (C=O) groups is 1. The van der Waals surface area contributed by atoms with E-state index in [4.69, 9.17) is 28.9 Å². The van der Waals surface area contributed by atoms with Crippen LogP contribution in [0, 0.1) is 0 Å². The van der Waals surface area contributed by atoms with E-state index in [0.717, 1.165) is 5.01 Å². The third kappa shape index (κ3) is 4.21. The number of hydrogen-bond donors (Lipinski definition) is 2. The monoisotopic (exact) mass is 337 g/mol. The maximum atomic E-state index is 11.5. The van der Waals surface area contributed by atoms with Crippen molar-refractivity contribution < 1.29 is 9.90 Å². The molecule has 0 heterocycles. The van der Waals surface area contributed by atoms with Gasteiger partial charge in [0.05, 0.1) is 11.9 Å². The Bertz CT molecular complexity index is 672. The van der Waals surface area contributed by atoms with Crippen LogP contribution in [0.15, 0.2) is 53.6 Å². The Morgan fingerprint density at radius 2 is 1.77 bits per heavy atom. The first-order chi connectivity index (χ1) is 10.5. The molecular formula is C15H13Cl2N3O2. The molecule has 0 saturated carbocycles. The third-order valence-corrected chi connectivity index (χ3v) is 3.20. The number of aliphatic hydroxyl groups is 1. The number of nitrogens with zero attached hydrogens (tertiary/aromatic N) is 2. The van der Waals surface area contributed by atoms with E-state index in [1.54, 1.807) is 24.3 Å². The standard InChI is InChI=1S/C15H13Cl2N3O2/c16-11-6-12(17)8-13(7-11)20(15(18)22)19-9-14(21)10-4-2-1-3-5-10/h1-9,14,21H,(H2,18,22). The van der Waals surface area contributed by atoms with E-state index in [2.05, 4.69) is 5.10 Å². The number of urea groups is 1. The van der Waals surface area contributed by atoms with Crippen molar-refractivity contribution in [2.75, 3.05) is 5.01 Å². The highest BCUT2D eigenvalue weighted by atomic mass is 35.5. The number of hydrazone groups is 1. The van der Waals surface area contributed by atoms with Crippen molar-refractivity contribution in [1.82, 2.24) is 0 Å². The molecule has 5 nitrogen and oxygen atoms in total. The van der Waals surface area contributed by atoms with Gasteiger partial charge in [0, 0.05) is 10.0 Å². The van der Waals surface area contributed by atoms with Gasteiger partial charge in [-0.15, -0.1) is 0 Å². The Morgan fingerprint density at radius 3 is 2.32 bits per heavy atom. The summed E-state index contributed by atoms with van der Waals surface area (Å²) in [6, 6.07) is 12.6. The zero-order chi connectivity index (χ0) is 16.1. The van der Waals surface area contributed by atoms with Crippen LogP contribution in [0.25, 0.3) is 0 Å². The van der Waals surface area contributed by atoms with Crippen molar-refractivity contribution in [1.29, 1.82) is 0 Å². The first-order valence-electron chi connectivity index (χ1n) is 6.30. The number of nitrogens with two attached hydrogens (primary N) is 1. The molecule has 2 amide bonds. The molecule has 7 heteroatoms. The Labute approximate surface area is 137 Å². The van der Waals surface area contributed by atoms with Crippen LogP contribution in [-0.2, 0) is 0 Å². The molecule has 0 aliphatic carbocycles. The summed E-state index contributed by atoms with van der Waals surface area (Å²) in [6.45, 7) is 0. The second-order valence-corrected chi connectivity index (χ2v) is 5.27. The van der Waals surface area contributed by atoms with Crippen LogP contribution in [0.4, 0.5) is 10.5 Å². The topological polar surface area (TPSA) is 78.9 Å². The lowest BCUT2D eigenvalue weighted by atomic mass is 10.1. The molecule has 1 unspecified atom stereocenters. The lowest BCUT2D eigenvalue weighted by Gasteiger charge is -2.16. The van der Waals surface area contributed by atoms with E-state index in [1.807, 2.05) is 6.07 Å². The van der Waals surface area contributed by atoms with Crippen LogP contribution in [-0.4, -0.2) is 17.4 Å². The van der Waals surface area contributed by atoms with Crippen molar-refractivity contribution in [3.05, 3.63) is 64.1 Å². The second-order valence-electron chi connectivity index (χ2n) is 4.40. The average molecular weight is 338 g/mol. The molecular weight excluding hydrogens is 325 g/mol. The van der Waals surface area contributed by atoms with Crippen LogP contribution < -0.4 is 10.7 Å². The van der Waals surface area contributed by atoms with Gasteiger partial charge in [-0.2, -0.15) is 10.1 Å². The first-order valence-corrected chi connectivity index (χ1v) is 7.06. The van der Waals surface area contributed by atoms with Gasteiger partial charge >= 0.3 is 6.03 Å². The van der Waals surface area contributed by atoms with E-state index < -0.39 is 12.1 Å². The number of benzene rings is 2. The number of hydrogen-bond acceptors (Lipinski definition) is 3. The van der Waals surface area contributed by atoms with E-state index in [9.17, 15) is 9.90 Å². The Morgan fingerprint density at radius 1 is 1.18 bits per heavy atom. The lowest BCUT2D eigenvalue weighted by Crippen LogP contribution is -2.31. The molecule has 0 aliphatic rings. The van der Waals surface area contributed by atoms with E-state index >= 15 is 0 Å². The minimum Gasteiger partial charge on any atom is -0.383 e. The van der Waals surface area contributed by atoms with Crippen molar-refractivity contribution >= 4 is 41.1 Å². The summed E-state index contributed by atoms with van der Waals surface area (Å²) < 4.78 is 0. The SMILES string of the molecule is NC(=O)N(N=CC(O)c1ccccc1)c1cc(Cl)cc(Cl)c1. The van der Waals surface area contributed by atoms with Gasteiger partial charge in [-0.05, 0) is 23.8 Å². The van der Waals surface area contributed by atoms with Gasteiger partial charge in [-0.1, -0.05) is 53.5 Å². The van der Waals surface area contributed by atoms with Crippen LogP contribution in [0.1, 0.15) is 11.7 Å². The van der Waals surface area contributed by atoms with Gasteiger partial charge in [-0.25, -0.2) is 4.79 Å². The van der Waals surface area contributed by atoms with Crippen molar-refractivity contribution in [3.8, 4) is 0 Å². The smallest absolute Gasteiger partial charge is 0.339 e. The minimum atomic E-state index is -0.974. The highest BCUT2D eigenvalue weighted by Crippen LogP contribution is 2.25. The number of carbonyl (C=O) groups excluding carboxylic acids is 1. The summed E-state index contributed by atoms with van der Waals surface area (Å²) >= 11 is 11.8. The van der Waals surface area contributed by atoms with E-state index in [-0.39, 0.29) is 0 Å². The summed E-state index contributed by atoms with van der Waals surface area (Å²) in [5.41, 5.74) is 6.24. The number of amides is 2. The van der Waals surface area contributed by atoms with Gasteiger partial charge < -0.3 is 10.8 Å². The first kappa shape index (κ1) is 16.3. The number of halogens is 2. The highest BCUT2D eigenvalue weighted by molar-refractivity contribution is 6.35. The maximum absolute atomic E-state index is 11.5. The molecule has 0 radical (unpaired) electrons. The highest BCUT2D eigenvalue weighted by Gasteiger charge is 2.13. The Kier molecular flexibility index (Phi) is 5.38. The fourth-order valence-electron chi connectivity index (χ4n) is 1.78. The average Bonchev–Trinajstić information content (AvgIpc) is 2.47. The number of primary amides is 1. The molecule has 0 spiro atoms. The molecule has 3 N–H and O–H groups in total. The fraction of sp³-hybridized carbons (Fsp3) is 0.0667. The van der Waals surface area contributed by atoms with Crippen LogP contribution in [0.2, 0.25) is 10.0 Å². The fourth-order valence-corrected chi connectivity index (χ4v) is 2.29. The normalized spacial score (nSPS) is 12.3. The number of aliphatic hydroxyl groups excluding tert-OH is 1. The molecule has 2 rings (SSSR count).